The molecular weight excluding hydrogens is 1080 g/mol. The predicted molar refractivity (Wildman–Crippen MR) is 409 cm³/mol. The molecule has 0 aliphatic heterocycles. The molecule has 0 atom stereocenters. The Hall–Kier alpha value is -7.02. The molecule has 0 N–H and O–H groups in total. The van der Waals surface area contributed by atoms with Crippen molar-refractivity contribution in [2.45, 2.75) is 249 Å². The molecule has 0 heteroatoms. The second kappa shape index (κ2) is 38.0. The maximum absolute atomic E-state index is 2.18. The topological polar surface area (TPSA) is 0 Å². The molecule has 9 aromatic rings. The summed E-state index contributed by atoms with van der Waals surface area (Å²) >= 11 is 0. The minimum absolute atomic E-state index is 1.39. The molecule has 0 radical (unpaired) electrons. The van der Waals surface area contributed by atoms with Crippen LogP contribution in [0.3, 0.4) is 0 Å². The lowest BCUT2D eigenvalue weighted by Crippen LogP contribution is -1.88. The van der Waals surface area contributed by atoms with Crippen molar-refractivity contribution in [2.75, 3.05) is 0 Å². The maximum Gasteiger partial charge on any atom is -0.0392 e. The molecule has 0 saturated carbocycles. The Morgan fingerprint density at radius 3 is 0.144 bits per heavy atom. The third-order valence-corrected chi connectivity index (χ3v) is 21.0. The molecule has 0 heterocycles. The molecule has 90 heavy (non-hydrogen) atoms. The molecule has 0 saturated heterocycles. The largest absolute Gasteiger partial charge is 0.0588 e. The Kier molecular flexibility index (Phi) is 34.2. The van der Waals surface area contributed by atoms with E-state index in [1.807, 2.05) is 0 Å². The maximum atomic E-state index is 2.18. The Labute approximate surface area is 555 Å². The Bertz CT molecular complexity index is 2770. The van der Waals surface area contributed by atoms with E-state index in [1.165, 1.54) is 200 Å². The van der Waals surface area contributed by atoms with Crippen molar-refractivity contribution >= 4 is 0 Å². The van der Waals surface area contributed by atoms with Crippen molar-refractivity contribution in [2.24, 2.45) is 0 Å². The van der Waals surface area contributed by atoms with E-state index in [0.717, 1.165) is 0 Å². The molecule has 0 unspecified atom stereocenters. The second-order valence-electron chi connectivity index (χ2n) is 26.5. The van der Waals surface area contributed by atoms with E-state index in [4.69, 9.17) is 0 Å². The summed E-state index contributed by atoms with van der Waals surface area (Å²) in [6.07, 6.45) is 0. The van der Waals surface area contributed by atoms with Crippen LogP contribution in [0.25, 0.3) is 0 Å². The van der Waals surface area contributed by atoms with Crippen LogP contribution in [0.2, 0.25) is 0 Å². The average Bonchev–Trinajstić information content (AvgIpc) is 3.32. The lowest BCUT2D eigenvalue weighted by Gasteiger charge is -2.06. The van der Waals surface area contributed by atoms with Crippen LogP contribution >= 0.6 is 0 Å². The van der Waals surface area contributed by atoms with Crippen LogP contribution in [-0.4, -0.2) is 0 Å². The van der Waals surface area contributed by atoms with Gasteiger partial charge < -0.3 is 0 Å². The van der Waals surface area contributed by atoms with Gasteiger partial charge in [0.2, 0.25) is 0 Å². The first-order valence-electron chi connectivity index (χ1n) is 32.9. The zero-order chi connectivity index (χ0) is 69.5. The van der Waals surface area contributed by atoms with Crippen LogP contribution in [0, 0.1) is 249 Å². The quantitative estimate of drug-likeness (QED) is 0.142. The first-order chi connectivity index (χ1) is 41.6. The van der Waals surface area contributed by atoms with Crippen LogP contribution < -0.4 is 0 Å². The number of hydrogen-bond acceptors (Lipinski definition) is 0. The molecule has 9 aromatic carbocycles. The first-order valence-corrected chi connectivity index (χ1v) is 32.9. The van der Waals surface area contributed by atoms with Crippen LogP contribution in [0.15, 0.2) is 109 Å². The number of hydrogen-bond donors (Lipinski definition) is 0. The standard InChI is InChI=1S/9C10H14/c9*1-7-5-6-8(2)10(4)9(7)3/h9*5-6H,1-4H3. The van der Waals surface area contributed by atoms with Gasteiger partial charge in [-0.05, 0) is 450 Å². The summed E-state index contributed by atoms with van der Waals surface area (Å²) in [6.45, 7) is 78.0. The van der Waals surface area contributed by atoms with Crippen LogP contribution in [0.5, 0.6) is 0 Å². The fraction of sp³-hybridized carbons (Fsp3) is 0.400. The molecule has 0 aromatic heterocycles. The van der Waals surface area contributed by atoms with Crippen molar-refractivity contribution in [1.82, 2.24) is 0 Å². The van der Waals surface area contributed by atoms with Gasteiger partial charge in [-0.2, -0.15) is 0 Å². The Morgan fingerprint density at radius 2 is 0.111 bits per heavy atom. The van der Waals surface area contributed by atoms with Crippen molar-refractivity contribution in [3.05, 3.63) is 309 Å². The van der Waals surface area contributed by atoms with Gasteiger partial charge in [-0.3, -0.25) is 0 Å². The minimum atomic E-state index is 1.39. The van der Waals surface area contributed by atoms with Gasteiger partial charge in [-0.1, -0.05) is 109 Å². The summed E-state index contributed by atoms with van der Waals surface area (Å²) in [5, 5.41) is 0. The van der Waals surface area contributed by atoms with Crippen LogP contribution in [0.4, 0.5) is 0 Å². The van der Waals surface area contributed by atoms with Gasteiger partial charge >= 0.3 is 0 Å². The first kappa shape index (κ1) is 81.0. The number of rotatable bonds is 0. The smallest absolute Gasteiger partial charge is 0.0392 e. The van der Waals surface area contributed by atoms with Crippen molar-refractivity contribution in [3.8, 4) is 0 Å². The van der Waals surface area contributed by atoms with E-state index < -0.39 is 0 Å². The number of benzene rings is 9. The van der Waals surface area contributed by atoms with Gasteiger partial charge in [-0.15, -0.1) is 0 Å². The van der Waals surface area contributed by atoms with Crippen LogP contribution in [0.1, 0.15) is 200 Å². The van der Waals surface area contributed by atoms with E-state index in [9.17, 15) is 0 Å². The predicted octanol–water partition coefficient (Wildman–Crippen LogP) is 26.3. The molecule has 9 rings (SSSR count). The van der Waals surface area contributed by atoms with Gasteiger partial charge in [0.25, 0.3) is 0 Å². The third-order valence-electron chi connectivity index (χ3n) is 21.0. The summed E-state index contributed by atoms with van der Waals surface area (Å²) in [5.74, 6) is 0. The summed E-state index contributed by atoms with van der Waals surface area (Å²) in [7, 11) is 0. The average molecular weight is 1210 g/mol. The lowest BCUT2D eigenvalue weighted by molar-refractivity contribution is 1.22. The van der Waals surface area contributed by atoms with Gasteiger partial charge in [0.05, 0.1) is 0 Å². The van der Waals surface area contributed by atoms with E-state index in [2.05, 4.69) is 358 Å². The molecule has 0 aliphatic rings. The summed E-state index contributed by atoms with van der Waals surface area (Å²) in [5.41, 5.74) is 50.8. The van der Waals surface area contributed by atoms with Gasteiger partial charge in [0, 0.05) is 0 Å². The van der Waals surface area contributed by atoms with Crippen molar-refractivity contribution < 1.29 is 0 Å². The van der Waals surface area contributed by atoms with Crippen molar-refractivity contribution in [3.63, 3.8) is 0 Å². The lowest BCUT2D eigenvalue weighted by atomic mass is 10.0. The monoisotopic (exact) mass is 1210 g/mol. The normalized spacial score (nSPS) is 10.0. The molecule has 0 spiro atoms. The summed E-state index contributed by atoms with van der Waals surface area (Å²) < 4.78 is 0. The summed E-state index contributed by atoms with van der Waals surface area (Å²) in [4.78, 5) is 0. The Balaban J connectivity index is 0.000000506. The highest BCUT2D eigenvalue weighted by Gasteiger charge is 2.04. The van der Waals surface area contributed by atoms with Crippen LogP contribution in [-0.2, 0) is 0 Å². The molecule has 486 valence electrons. The molecule has 0 aliphatic carbocycles. The SMILES string of the molecule is Cc1ccc(C)c(C)c1C.Cc1ccc(C)c(C)c1C.Cc1ccc(C)c(C)c1C.Cc1ccc(C)c(C)c1C.Cc1ccc(C)c(C)c1C.Cc1ccc(C)c(C)c1C.Cc1ccc(C)c(C)c1C.Cc1ccc(C)c(C)c1C.Cc1ccc(C)c(C)c1C. The zero-order valence-electron chi connectivity index (χ0n) is 64.4. The highest BCUT2D eigenvalue weighted by atomic mass is 14.1. The molecular formula is C90H126. The highest BCUT2D eigenvalue weighted by Crippen LogP contribution is 2.22. The van der Waals surface area contributed by atoms with E-state index in [0.29, 0.717) is 0 Å². The molecule has 0 fully saturated rings. The molecule has 0 nitrogen and oxygen atoms in total. The second-order valence-corrected chi connectivity index (χ2v) is 26.5. The zero-order valence-corrected chi connectivity index (χ0v) is 64.4. The highest BCUT2D eigenvalue weighted by molar-refractivity contribution is 5.44. The minimum Gasteiger partial charge on any atom is -0.0588 e. The third kappa shape index (κ3) is 24.3. The van der Waals surface area contributed by atoms with E-state index >= 15 is 0 Å². The van der Waals surface area contributed by atoms with E-state index in [1.54, 1.807) is 0 Å². The van der Waals surface area contributed by atoms with Gasteiger partial charge in [0.1, 0.15) is 0 Å². The van der Waals surface area contributed by atoms with Gasteiger partial charge in [0.15, 0.2) is 0 Å². The number of aryl methyl sites for hydroxylation is 18. The summed E-state index contributed by atoms with van der Waals surface area (Å²) in [6, 6.07) is 39.2. The fourth-order valence-corrected chi connectivity index (χ4v) is 9.82. The van der Waals surface area contributed by atoms with Crippen molar-refractivity contribution in [1.29, 1.82) is 0 Å². The Morgan fingerprint density at radius 1 is 0.0778 bits per heavy atom. The molecule has 0 amide bonds. The van der Waals surface area contributed by atoms with E-state index in [-0.39, 0.29) is 0 Å². The van der Waals surface area contributed by atoms with Gasteiger partial charge in [-0.25, -0.2) is 0 Å². The molecule has 0 bridgehead atoms. The fourth-order valence-electron chi connectivity index (χ4n) is 9.82.